The van der Waals surface area contributed by atoms with Crippen LogP contribution in [0.4, 0.5) is 0 Å². The SMILES string of the molecule is C[C@H]1[C@@H](O)[C@@]2(OC1(C)C)O[C@]13CC[C@H]([C@@H]2C)[C@@]1(C)C=C[C@@]1(O)C3=CC(=O)C2=CC(=O)CC[C@@]21C. The first kappa shape index (κ1) is 22.8. The van der Waals surface area contributed by atoms with Gasteiger partial charge in [0.25, 0.3) is 0 Å². The molecule has 0 aromatic carbocycles. The summed E-state index contributed by atoms with van der Waals surface area (Å²) >= 11 is 0. The predicted octanol–water partition coefficient (Wildman–Crippen LogP) is 3.42. The van der Waals surface area contributed by atoms with Gasteiger partial charge in [0.1, 0.15) is 17.3 Å². The molecule has 9 atom stereocenters. The van der Waals surface area contributed by atoms with Gasteiger partial charge in [-0.05, 0) is 51.2 Å². The Morgan fingerprint density at radius 3 is 2.32 bits per heavy atom. The highest BCUT2D eigenvalue weighted by atomic mass is 16.7. The van der Waals surface area contributed by atoms with Gasteiger partial charge >= 0.3 is 0 Å². The number of rotatable bonds is 0. The van der Waals surface area contributed by atoms with Crippen molar-refractivity contribution in [3.8, 4) is 0 Å². The maximum absolute atomic E-state index is 13.5. The lowest BCUT2D eigenvalue weighted by Gasteiger charge is -2.65. The first-order valence-electron chi connectivity index (χ1n) is 12.7. The Morgan fingerprint density at radius 1 is 0.971 bits per heavy atom. The van der Waals surface area contributed by atoms with Crippen LogP contribution in [0.15, 0.2) is 35.5 Å². The van der Waals surface area contributed by atoms with Crippen LogP contribution < -0.4 is 0 Å². The molecule has 3 fully saturated rings. The molecule has 0 unspecified atom stereocenters. The molecule has 0 aromatic heterocycles. The Labute approximate surface area is 201 Å². The van der Waals surface area contributed by atoms with Crippen molar-refractivity contribution < 1.29 is 29.3 Å². The minimum absolute atomic E-state index is 0.0783. The van der Waals surface area contributed by atoms with Gasteiger partial charge < -0.3 is 19.7 Å². The number of ketones is 2. The molecular formula is C28H36O6. The summed E-state index contributed by atoms with van der Waals surface area (Å²) in [5.74, 6) is -1.62. The lowest BCUT2D eigenvalue weighted by Crippen LogP contribution is -2.71. The molecule has 4 aliphatic carbocycles. The van der Waals surface area contributed by atoms with Crippen molar-refractivity contribution in [3.05, 3.63) is 35.5 Å². The molecule has 2 N–H and O–H groups in total. The van der Waals surface area contributed by atoms with Crippen LogP contribution in [0.25, 0.3) is 0 Å². The molecule has 34 heavy (non-hydrogen) atoms. The highest BCUT2D eigenvalue weighted by molar-refractivity contribution is 6.12. The van der Waals surface area contributed by atoms with Gasteiger partial charge in [-0.2, -0.15) is 0 Å². The summed E-state index contributed by atoms with van der Waals surface area (Å²) in [6, 6.07) is 0. The second kappa shape index (κ2) is 6.20. The van der Waals surface area contributed by atoms with E-state index < -0.39 is 39.5 Å². The molecule has 6 rings (SSSR count). The van der Waals surface area contributed by atoms with Gasteiger partial charge in [0, 0.05) is 40.2 Å². The summed E-state index contributed by atoms with van der Waals surface area (Å²) in [7, 11) is 0. The Bertz CT molecular complexity index is 1120. The summed E-state index contributed by atoms with van der Waals surface area (Å²) in [5.41, 5.74) is -3.48. The average Bonchev–Trinajstić information content (AvgIpc) is 3.09. The molecular weight excluding hydrogens is 432 g/mol. The van der Waals surface area contributed by atoms with Gasteiger partial charge in [-0.1, -0.05) is 39.8 Å². The third-order valence-corrected chi connectivity index (χ3v) is 11.1. The number of aliphatic hydroxyl groups is 2. The zero-order valence-electron chi connectivity index (χ0n) is 21.0. The van der Waals surface area contributed by atoms with E-state index >= 15 is 0 Å². The topological polar surface area (TPSA) is 93.1 Å². The van der Waals surface area contributed by atoms with Gasteiger partial charge in [-0.25, -0.2) is 0 Å². The number of carbonyl (C=O) groups excluding carboxylic acids is 2. The molecule has 1 spiro atoms. The fraction of sp³-hybridized carbons (Fsp3) is 0.714. The summed E-state index contributed by atoms with van der Waals surface area (Å²) in [6.07, 6.45) is 8.22. The molecule has 2 bridgehead atoms. The molecule has 2 heterocycles. The zero-order valence-corrected chi connectivity index (χ0v) is 21.0. The van der Waals surface area contributed by atoms with Crippen molar-refractivity contribution in [2.24, 2.45) is 28.6 Å². The second-order valence-electron chi connectivity index (χ2n) is 12.7. The number of hydrogen-bond acceptors (Lipinski definition) is 6. The summed E-state index contributed by atoms with van der Waals surface area (Å²) < 4.78 is 13.7. The highest BCUT2D eigenvalue weighted by Crippen LogP contribution is 2.73. The number of fused-ring (bicyclic) bond motifs is 3. The standard InChI is InChI=1S/C28H36O6/c1-15-18-8-10-27(34-28(15)22(31)16(2)23(3,4)33-28)21-14-20(30)19-13-17(29)7-9-24(19,5)26(21,32)12-11-25(18,27)6/h11-16,18,22,31-32H,7-10H2,1-6H3/t15-,16-,18+,22+,24-,25+,26+,27-,28-/m0/s1. The Hall–Kier alpha value is -1.60. The van der Waals surface area contributed by atoms with Gasteiger partial charge in [-0.3, -0.25) is 9.59 Å². The summed E-state index contributed by atoms with van der Waals surface area (Å²) in [4.78, 5) is 25.6. The van der Waals surface area contributed by atoms with Crippen molar-refractivity contribution in [3.63, 3.8) is 0 Å². The third kappa shape index (κ3) is 2.20. The second-order valence-corrected chi connectivity index (χ2v) is 12.7. The predicted molar refractivity (Wildman–Crippen MR) is 124 cm³/mol. The molecule has 6 nitrogen and oxygen atoms in total. The van der Waals surface area contributed by atoms with Crippen molar-refractivity contribution in [1.29, 1.82) is 0 Å². The zero-order chi connectivity index (χ0) is 24.7. The van der Waals surface area contributed by atoms with E-state index in [0.717, 1.165) is 6.42 Å². The van der Waals surface area contributed by atoms with Crippen LogP contribution in [0.2, 0.25) is 0 Å². The van der Waals surface area contributed by atoms with E-state index in [1.807, 2.05) is 33.8 Å². The van der Waals surface area contributed by atoms with E-state index in [9.17, 15) is 19.8 Å². The normalized spacial score (nSPS) is 54.9. The van der Waals surface area contributed by atoms with Crippen LogP contribution in [0.3, 0.4) is 0 Å². The van der Waals surface area contributed by atoms with Crippen LogP contribution in [-0.2, 0) is 19.1 Å². The smallest absolute Gasteiger partial charge is 0.199 e. The van der Waals surface area contributed by atoms with Crippen LogP contribution in [0.1, 0.15) is 67.2 Å². The lowest BCUT2D eigenvalue weighted by molar-refractivity contribution is -0.373. The van der Waals surface area contributed by atoms with Crippen molar-refractivity contribution in [2.75, 3.05) is 0 Å². The van der Waals surface area contributed by atoms with Gasteiger partial charge in [-0.15, -0.1) is 0 Å². The van der Waals surface area contributed by atoms with Crippen LogP contribution >= 0.6 is 0 Å². The number of allylic oxidation sites excluding steroid dienone is 2. The van der Waals surface area contributed by atoms with Crippen molar-refractivity contribution >= 4 is 11.6 Å². The summed E-state index contributed by atoms with van der Waals surface area (Å²) in [5, 5.41) is 23.9. The third-order valence-electron chi connectivity index (χ3n) is 11.1. The molecule has 2 aliphatic heterocycles. The fourth-order valence-corrected chi connectivity index (χ4v) is 8.53. The van der Waals surface area contributed by atoms with Crippen LogP contribution in [0.5, 0.6) is 0 Å². The van der Waals surface area contributed by atoms with Crippen molar-refractivity contribution in [2.45, 2.75) is 95.9 Å². The number of aliphatic hydroxyl groups excluding tert-OH is 1. The van der Waals surface area contributed by atoms with Gasteiger partial charge in [0.2, 0.25) is 0 Å². The van der Waals surface area contributed by atoms with E-state index in [1.54, 1.807) is 0 Å². The molecule has 6 aliphatic rings. The number of ether oxygens (including phenoxy) is 2. The summed E-state index contributed by atoms with van der Waals surface area (Å²) in [6.45, 7) is 12.1. The number of carbonyl (C=O) groups is 2. The molecule has 184 valence electrons. The highest BCUT2D eigenvalue weighted by Gasteiger charge is 2.78. The Kier molecular flexibility index (Phi) is 4.17. The molecule has 0 radical (unpaired) electrons. The van der Waals surface area contributed by atoms with E-state index in [2.05, 4.69) is 19.9 Å². The number of hydrogen-bond donors (Lipinski definition) is 2. The fourth-order valence-electron chi connectivity index (χ4n) is 8.53. The monoisotopic (exact) mass is 468 g/mol. The maximum atomic E-state index is 13.5. The lowest BCUT2D eigenvalue weighted by atomic mass is 9.47. The van der Waals surface area contributed by atoms with Crippen LogP contribution in [-0.4, -0.2) is 50.5 Å². The van der Waals surface area contributed by atoms with Gasteiger partial charge in [0.05, 0.1) is 5.60 Å². The van der Waals surface area contributed by atoms with E-state index in [1.165, 1.54) is 12.2 Å². The molecule has 0 aromatic rings. The van der Waals surface area contributed by atoms with Gasteiger partial charge in [0.15, 0.2) is 17.4 Å². The Balaban J connectivity index is 1.59. The quantitative estimate of drug-likeness (QED) is 0.529. The Morgan fingerprint density at radius 2 is 1.68 bits per heavy atom. The molecule has 0 amide bonds. The minimum Gasteiger partial charge on any atom is -0.387 e. The molecule has 1 saturated carbocycles. The van der Waals surface area contributed by atoms with E-state index in [0.29, 0.717) is 30.4 Å². The minimum atomic E-state index is -1.46. The molecule has 2 saturated heterocycles. The maximum Gasteiger partial charge on any atom is 0.199 e. The van der Waals surface area contributed by atoms with Crippen LogP contribution in [0, 0.1) is 28.6 Å². The van der Waals surface area contributed by atoms with E-state index in [-0.39, 0.29) is 29.3 Å². The first-order chi connectivity index (χ1) is 15.7. The first-order valence-corrected chi connectivity index (χ1v) is 12.7. The van der Waals surface area contributed by atoms with Crippen molar-refractivity contribution in [1.82, 2.24) is 0 Å². The molecule has 6 heteroatoms. The average molecular weight is 469 g/mol. The largest absolute Gasteiger partial charge is 0.387 e. The van der Waals surface area contributed by atoms with E-state index in [4.69, 9.17) is 9.47 Å².